The molecule has 0 bridgehead atoms. The van der Waals surface area contributed by atoms with E-state index < -0.39 is 5.91 Å². The third kappa shape index (κ3) is 6.27. The van der Waals surface area contributed by atoms with Gasteiger partial charge in [0.2, 0.25) is 5.91 Å². The average molecular weight is 522 g/mol. The summed E-state index contributed by atoms with van der Waals surface area (Å²) in [6, 6.07) is 15.6. The first-order chi connectivity index (χ1) is 17.9. The van der Waals surface area contributed by atoms with E-state index in [1.54, 1.807) is 13.1 Å². The van der Waals surface area contributed by atoms with Crippen molar-refractivity contribution in [1.29, 1.82) is 0 Å². The van der Waals surface area contributed by atoms with Gasteiger partial charge in [-0.25, -0.2) is 5.43 Å². The number of carbonyl (C=O) groups is 3. The van der Waals surface area contributed by atoms with Gasteiger partial charge in [-0.15, -0.1) is 0 Å². The summed E-state index contributed by atoms with van der Waals surface area (Å²) < 4.78 is 5.11. The van der Waals surface area contributed by atoms with Gasteiger partial charge in [-0.05, 0) is 54.3 Å². The number of amides is 2. The van der Waals surface area contributed by atoms with Crippen molar-refractivity contribution < 1.29 is 24.2 Å². The number of halogens is 1. The van der Waals surface area contributed by atoms with E-state index in [0.29, 0.717) is 32.5 Å². The maximum Gasteiger partial charge on any atom is 0.309 e. The van der Waals surface area contributed by atoms with E-state index in [9.17, 15) is 19.5 Å². The molecular formula is C28H28ClN3O5. The second-order valence-electron chi connectivity index (χ2n) is 8.81. The van der Waals surface area contributed by atoms with E-state index in [-0.39, 0.29) is 40.6 Å². The number of aromatic hydroxyl groups is 1. The molecule has 0 unspecified atom stereocenters. The number of ether oxygens (including phenoxy) is 1. The number of rotatable bonds is 7. The van der Waals surface area contributed by atoms with E-state index in [2.05, 4.69) is 10.5 Å². The molecule has 0 aliphatic carbocycles. The van der Waals surface area contributed by atoms with Gasteiger partial charge in [0, 0.05) is 24.2 Å². The molecule has 2 amide bonds. The second-order valence-corrected chi connectivity index (χ2v) is 9.22. The zero-order valence-electron chi connectivity index (χ0n) is 20.4. The molecule has 3 aromatic carbocycles. The summed E-state index contributed by atoms with van der Waals surface area (Å²) >= 11 is 5.87. The second kappa shape index (κ2) is 11.9. The third-order valence-electron chi connectivity index (χ3n) is 6.44. The fourth-order valence-electron chi connectivity index (χ4n) is 4.42. The molecule has 1 aliphatic heterocycles. The van der Waals surface area contributed by atoms with Crippen molar-refractivity contribution in [3.63, 3.8) is 0 Å². The largest absolute Gasteiger partial charge is 0.506 e. The zero-order valence-corrected chi connectivity index (χ0v) is 21.2. The average Bonchev–Trinajstić information content (AvgIpc) is 2.91. The lowest BCUT2D eigenvalue weighted by atomic mass is 9.95. The molecule has 0 spiro atoms. The van der Waals surface area contributed by atoms with Crippen LogP contribution in [-0.4, -0.2) is 53.7 Å². The predicted molar refractivity (Wildman–Crippen MR) is 142 cm³/mol. The van der Waals surface area contributed by atoms with Gasteiger partial charge in [-0.2, -0.15) is 5.10 Å². The Balaban J connectivity index is 1.43. The Morgan fingerprint density at radius 1 is 1.11 bits per heavy atom. The number of benzene rings is 3. The molecule has 2 N–H and O–H groups in total. The Labute approximate surface area is 219 Å². The number of phenolic OH excluding ortho intramolecular Hbond substituents is 1. The molecule has 192 valence electrons. The SMILES string of the molecule is CCOC(=O)C1CCN(C(=O)Cc2ccc(/C=N/NC(=O)c3ccc(O)c(Cl)c3)c3ccccc23)CC1. The molecule has 1 heterocycles. The molecular weight excluding hydrogens is 494 g/mol. The summed E-state index contributed by atoms with van der Waals surface area (Å²) in [5.74, 6) is -0.867. The van der Waals surface area contributed by atoms with Gasteiger partial charge >= 0.3 is 5.97 Å². The molecule has 1 aliphatic rings. The first kappa shape index (κ1) is 26.2. The highest BCUT2D eigenvalue weighted by molar-refractivity contribution is 6.32. The molecule has 9 heteroatoms. The number of carbonyl (C=O) groups excluding carboxylic acids is 3. The van der Waals surface area contributed by atoms with E-state index in [1.807, 2.05) is 41.3 Å². The number of nitrogens with zero attached hydrogens (tertiary/aromatic N) is 2. The lowest BCUT2D eigenvalue weighted by molar-refractivity contribution is -0.151. The molecule has 1 saturated heterocycles. The summed E-state index contributed by atoms with van der Waals surface area (Å²) in [6.07, 6.45) is 3.03. The molecule has 8 nitrogen and oxygen atoms in total. The van der Waals surface area contributed by atoms with Crippen molar-refractivity contribution in [3.05, 3.63) is 76.3 Å². The van der Waals surface area contributed by atoms with Gasteiger partial charge in [-0.1, -0.05) is 48.0 Å². The van der Waals surface area contributed by atoms with Crippen LogP contribution in [-0.2, 0) is 20.7 Å². The smallest absolute Gasteiger partial charge is 0.309 e. The van der Waals surface area contributed by atoms with E-state index in [0.717, 1.165) is 21.9 Å². The van der Waals surface area contributed by atoms with Crippen LogP contribution in [0.15, 0.2) is 59.7 Å². The summed E-state index contributed by atoms with van der Waals surface area (Å²) in [4.78, 5) is 39.2. The minimum atomic E-state index is -0.462. The first-order valence-corrected chi connectivity index (χ1v) is 12.5. The first-order valence-electron chi connectivity index (χ1n) is 12.1. The fraction of sp³-hybridized carbons (Fsp3) is 0.286. The van der Waals surface area contributed by atoms with Crippen LogP contribution in [0, 0.1) is 5.92 Å². The van der Waals surface area contributed by atoms with Crippen molar-refractivity contribution >= 4 is 46.4 Å². The number of phenols is 1. The zero-order chi connectivity index (χ0) is 26.4. The van der Waals surface area contributed by atoms with Crippen molar-refractivity contribution in [2.75, 3.05) is 19.7 Å². The predicted octanol–water partition coefficient (Wildman–Crippen LogP) is 4.31. The summed E-state index contributed by atoms with van der Waals surface area (Å²) in [5, 5.41) is 15.5. The van der Waals surface area contributed by atoms with Crippen molar-refractivity contribution in [3.8, 4) is 5.75 Å². The molecule has 4 rings (SSSR count). The molecule has 0 atom stereocenters. The summed E-state index contributed by atoms with van der Waals surface area (Å²) in [7, 11) is 0. The molecule has 3 aromatic rings. The topological polar surface area (TPSA) is 108 Å². The summed E-state index contributed by atoms with van der Waals surface area (Å²) in [5.41, 5.74) is 4.41. The maximum atomic E-state index is 13.0. The van der Waals surface area contributed by atoms with E-state index in [1.165, 1.54) is 18.2 Å². The maximum absolute atomic E-state index is 13.0. The van der Waals surface area contributed by atoms with E-state index in [4.69, 9.17) is 16.3 Å². The number of hydrogen-bond acceptors (Lipinski definition) is 6. The lowest BCUT2D eigenvalue weighted by Gasteiger charge is -2.31. The number of likely N-dealkylation sites (tertiary alicyclic amines) is 1. The number of esters is 1. The molecule has 1 fully saturated rings. The molecule has 0 aromatic heterocycles. The Morgan fingerprint density at radius 3 is 2.54 bits per heavy atom. The number of fused-ring (bicyclic) bond motifs is 1. The highest BCUT2D eigenvalue weighted by atomic mass is 35.5. The van der Waals surface area contributed by atoms with Crippen LogP contribution in [0.2, 0.25) is 5.02 Å². The molecule has 0 saturated carbocycles. The minimum Gasteiger partial charge on any atom is -0.506 e. The third-order valence-corrected chi connectivity index (χ3v) is 6.74. The van der Waals surface area contributed by atoms with Crippen molar-refractivity contribution in [2.45, 2.75) is 26.2 Å². The Bertz CT molecular complexity index is 1350. The number of hydrogen-bond donors (Lipinski definition) is 2. The van der Waals surface area contributed by atoms with Crippen LogP contribution in [0.1, 0.15) is 41.3 Å². The Hall–Kier alpha value is -3.91. The van der Waals surface area contributed by atoms with Gasteiger partial charge in [0.05, 0.1) is 30.2 Å². The van der Waals surface area contributed by atoms with Gasteiger partial charge in [0.25, 0.3) is 5.91 Å². The standard InChI is InChI=1S/C28H28ClN3O5/c1-2-37-28(36)18-11-13-32(14-12-18)26(34)16-19-7-8-21(23-6-4-3-5-22(19)23)17-30-31-27(35)20-9-10-25(33)24(29)15-20/h3-10,15,17-18,33H,2,11-14,16H2,1H3,(H,31,35)/b30-17+. The minimum absolute atomic E-state index is 0.0219. The Kier molecular flexibility index (Phi) is 8.40. The summed E-state index contributed by atoms with van der Waals surface area (Å²) in [6.45, 7) is 3.24. The van der Waals surface area contributed by atoms with Crippen LogP contribution >= 0.6 is 11.6 Å². The number of piperidine rings is 1. The van der Waals surface area contributed by atoms with E-state index >= 15 is 0 Å². The fourth-order valence-corrected chi connectivity index (χ4v) is 4.60. The molecule has 0 radical (unpaired) electrons. The van der Waals surface area contributed by atoms with Crippen LogP contribution in [0.5, 0.6) is 5.75 Å². The normalized spacial score (nSPS) is 14.2. The molecule has 37 heavy (non-hydrogen) atoms. The van der Waals surface area contributed by atoms with Crippen molar-refractivity contribution in [2.24, 2.45) is 11.0 Å². The highest BCUT2D eigenvalue weighted by Crippen LogP contribution is 2.25. The van der Waals surface area contributed by atoms with Crippen LogP contribution < -0.4 is 5.43 Å². The quantitative estimate of drug-likeness (QED) is 0.274. The van der Waals surface area contributed by atoms with Gasteiger partial charge in [0.1, 0.15) is 5.75 Å². The Morgan fingerprint density at radius 2 is 1.84 bits per heavy atom. The number of hydrazone groups is 1. The van der Waals surface area contributed by atoms with Gasteiger partial charge in [-0.3, -0.25) is 14.4 Å². The monoisotopic (exact) mass is 521 g/mol. The van der Waals surface area contributed by atoms with Gasteiger partial charge in [0.15, 0.2) is 0 Å². The van der Waals surface area contributed by atoms with Crippen LogP contribution in [0.25, 0.3) is 10.8 Å². The van der Waals surface area contributed by atoms with Crippen molar-refractivity contribution in [1.82, 2.24) is 10.3 Å². The number of nitrogens with one attached hydrogen (secondary N) is 1. The van der Waals surface area contributed by atoms with Crippen LogP contribution in [0.3, 0.4) is 0 Å². The lowest BCUT2D eigenvalue weighted by Crippen LogP contribution is -2.41. The highest BCUT2D eigenvalue weighted by Gasteiger charge is 2.28. The van der Waals surface area contributed by atoms with Gasteiger partial charge < -0.3 is 14.7 Å². The van der Waals surface area contributed by atoms with Crippen LogP contribution in [0.4, 0.5) is 0 Å².